The van der Waals surface area contributed by atoms with E-state index >= 15 is 0 Å². The third-order valence-electron chi connectivity index (χ3n) is 3.95. The van der Waals surface area contributed by atoms with Crippen molar-refractivity contribution >= 4 is 26.5 Å². The molecule has 0 fully saturated rings. The van der Waals surface area contributed by atoms with Crippen LogP contribution in [0, 0.1) is 13.8 Å². The molecule has 22 heavy (non-hydrogen) atoms. The summed E-state index contributed by atoms with van der Waals surface area (Å²) in [6.07, 6.45) is 4.23. The van der Waals surface area contributed by atoms with Crippen molar-refractivity contribution in [3.8, 4) is 0 Å². The second-order valence-corrected chi connectivity index (χ2v) is 8.22. The second kappa shape index (κ2) is 5.66. The van der Waals surface area contributed by atoms with Crippen LogP contribution >= 0.6 is 11.3 Å². The molecule has 0 saturated carbocycles. The van der Waals surface area contributed by atoms with E-state index in [9.17, 15) is 8.42 Å². The number of hydrogen-bond acceptors (Lipinski definition) is 5. The lowest BCUT2D eigenvalue weighted by atomic mass is 10.0. The number of anilines is 1. The molecule has 1 aliphatic carbocycles. The Morgan fingerprint density at radius 2 is 2.00 bits per heavy atom. The van der Waals surface area contributed by atoms with Gasteiger partial charge in [0.25, 0.3) is 10.0 Å². The number of sulfonamides is 1. The largest absolute Gasteiger partial charge is 0.268 e. The Labute approximate surface area is 134 Å². The molecule has 0 atom stereocenters. The summed E-state index contributed by atoms with van der Waals surface area (Å²) in [7, 11) is -3.65. The zero-order valence-electron chi connectivity index (χ0n) is 13.0. The summed E-state index contributed by atoms with van der Waals surface area (Å²) in [5, 5.41) is 4.75. The molecule has 2 heterocycles. The van der Waals surface area contributed by atoms with Crippen molar-refractivity contribution in [2.45, 2.75) is 57.9 Å². The quantitative estimate of drug-likeness (QED) is 0.928. The van der Waals surface area contributed by atoms with E-state index in [0.29, 0.717) is 23.1 Å². The van der Waals surface area contributed by atoms with Crippen molar-refractivity contribution in [3.63, 3.8) is 0 Å². The molecule has 0 aromatic carbocycles. The van der Waals surface area contributed by atoms with Gasteiger partial charge in [-0.2, -0.15) is 5.10 Å². The van der Waals surface area contributed by atoms with Crippen LogP contribution in [0.5, 0.6) is 0 Å². The first-order chi connectivity index (χ1) is 10.4. The number of thiazole rings is 1. The van der Waals surface area contributed by atoms with E-state index in [0.717, 1.165) is 31.4 Å². The summed E-state index contributed by atoms with van der Waals surface area (Å²) in [6.45, 7) is 6.09. The van der Waals surface area contributed by atoms with Crippen molar-refractivity contribution in [1.82, 2.24) is 14.8 Å². The number of hydrogen-bond donors (Lipinski definition) is 1. The van der Waals surface area contributed by atoms with E-state index in [1.165, 1.54) is 16.2 Å². The predicted molar refractivity (Wildman–Crippen MR) is 86.9 cm³/mol. The van der Waals surface area contributed by atoms with Gasteiger partial charge >= 0.3 is 0 Å². The van der Waals surface area contributed by atoms with Crippen molar-refractivity contribution in [2.24, 2.45) is 0 Å². The van der Waals surface area contributed by atoms with Gasteiger partial charge in [-0.1, -0.05) is 0 Å². The van der Waals surface area contributed by atoms with Crippen LogP contribution in [0.3, 0.4) is 0 Å². The van der Waals surface area contributed by atoms with Crippen LogP contribution in [0.1, 0.15) is 41.7 Å². The van der Waals surface area contributed by atoms with Crippen LogP contribution in [0.2, 0.25) is 0 Å². The summed E-state index contributed by atoms with van der Waals surface area (Å²) < 4.78 is 29.7. The van der Waals surface area contributed by atoms with Crippen molar-refractivity contribution in [3.05, 3.63) is 22.0 Å². The third-order valence-corrected chi connectivity index (χ3v) is 6.74. The van der Waals surface area contributed by atoms with E-state index in [1.54, 1.807) is 18.5 Å². The Bertz CT molecular complexity index is 782. The molecule has 1 aliphatic rings. The Balaban J connectivity index is 1.94. The average Bonchev–Trinajstić information content (AvgIpc) is 2.97. The fraction of sp³-hybridized carbons (Fsp3) is 0.571. The number of nitrogens with one attached hydrogen (secondary N) is 1. The van der Waals surface area contributed by atoms with E-state index in [-0.39, 0.29) is 4.90 Å². The molecular weight excluding hydrogens is 320 g/mol. The van der Waals surface area contributed by atoms with Crippen molar-refractivity contribution < 1.29 is 8.42 Å². The van der Waals surface area contributed by atoms with Gasteiger partial charge in [0, 0.05) is 11.4 Å². The van der Waals surface area contributed by atoms with Gasteiger partial charge in [-0.3, -0.25) is 9.40 Å². The first-order valence-corrected chi connectivity index (χ1v) is 9.77. The SMILES string of the molecule is CCn1nc(C)c(S(=O)(=O)Nc2nc3c(s2)CCCC3)c1C. The summed E-state index contributed by atoms with van der Waals surface area (Å²) in [5.74, 6) is 0. The topological polar surface area (TPSA) is 76.9 Å². The lowest BCUT2D eigenvalue weighted by Crippen LogP contribution is -2.15. The van der Waals surface area contributed by atoms with E-state index in [4.69, 9.17) is 0 Å². The van der Waals surface area contributed by atoms with Gasteiger partial charge in [0.1, 0.15) is 4.90 Å². The van der Waals surface area contributed by atoms with Crippen LogP contribution in [0.15, 0.2) is 4.90 Å². The van der Waals surface area contributed by atoms with Gasteiger partial charge in [0.2, 0.25) is 0 Å². The highest BCUT2D eigenvalue weighted by atomic mass is 32.2. The lowest BCUT2D eigenvalue weighted by Gasteiger charge is -2.06. The highest BCUT2D eigenvalue weighted by molar-refractivity contribution is 7.93. The van der Waals surface area contributed by atoms with Crippen LogP contribution in [-0.4, -0.2) is 23.2 Å². The molecule has 0 spiro atoms. The second-order valence-electron chi connectivity index (χ2n) is 5.52. The van der Waals surface area contributed by atoms with E-state index in [2.05, 4.69) is 14.8 Å². The highest BCUT2D eigenvalue weighted by Gasteiger charge is 2.26. The minimum atomic E-state index is -3.65. The predicted octanol–water partition coefficient (Wildman–Crippen LogP) is 2.66. The normalized spacial score (nSPS) is 14.9. The van der Waals surface area contributed by atoms with Gasteiger partial charge in [0.15, 0.2) is 5.13 Å². The number of aromatic nitrogens is 3. The summed E-state index contributed by atoms with van der Waals surface area (Å²) in [5.41, 5.74) is 2.23. The Morgan fingerprint density at radius 3 is 2.64 bits per heavy atom. The first-order valence-electron chi connectivity index (χ1n) is 7.47. The Kier molecular flexibility index (Phi) is 3.98. The molecule has 0 saturated heterocycles. The highest BCUT2D eigenvalue weighted by Crippen LogP contribution is 2.31. The molecule has 2 aromatic heterocycles. The molecule has 0 bridgehead atoms. The Hall–Kier alpha value is -1.41. The summed E-state index contributed by atoms with van der Waals surface area (Å²) in [6, 6.07) is 0. The monoisotopic (exact) mass is 340 g/mol. The van der Waals surface area contributed by atoms with E-state index < -0.39 is 10.0 Å². The number of fused-ring (bicyclic) bond motifs is 1. The van der Waals surface area contributed by atoms with Gasteiger partial charge in [0.05, 0.1) is 17.1 Å². The van der Waals surface area contributed by atoms with Gasteiger partial charge < -0.3 is 0 Å². The minimum Gasteiger partial charge on any atom is -0.268 e. The molecule has 0 unspecified atom stereocenters. The first kappa shape index (κ1) is 15.5. The van der Waals surface area contributed by atoms with Gasteiger partial charge in [-0.25, -0.2) is 13.4 Å². The van der Waals surface area contributed by atoms with Crippen molar-refractivity contribution in [1.29, 1.82) is 0 Å². The van der Waals surface area contributed by atoms with E-state index in [1.807, 2.05) is 6.92 Å². The molecule has 120 valence electrons. The zero-order valence-corrected chi connectivity index (χ0v) is 14.6. The molecule has 2 aromatic rings. The molecule has 8 heteroatoms. The Morgan fingerprint density at radius 1 is 1.27 bits per heavy atom. The maximum atomic E-state index is 12.7. The molecule has 0 radical (unpaired) electrons. The number of aryl methyl sites for hydroxylation is 4. The zero-order chi connectivity index (χ0) is 15.9. The molecule has 3 rings (SSSR count). The van der Waals surface area contributed by atoms with Crippen LogP contribution < -0.4 is 4.72 Å². The van der Waals surface area contributed by atoms with Gasteiger partial charge in [-0.05, 0) is 46.5 Å². The number of nitrogens with zero attached hydrogens (tertiary/aromatic N) is 3. The molecular formula is C14H20N4O2S2. The lowest BCUT2D eigenvalue weighted by molar-refractivity contribution is 0.598. The smallest absolute Gasteiger partial charge is 0.267 e. The van der Waals surface area contributed by atoms with Crippen LogP contribution in [0.25, 0.3) is 0 Å². The summed E-state index contributed by atoms with van der Waals surface area (Å²) >= 11 is 1.45. The fourth-order valence-electron chi connectivity index (χ4n) is 2.94. The maximum Gasteiger partial charge on any atom is 0.267 e. The fourth-order valence-corrected chi connectivity index (χ4v) is 5.64. The number of rotatable bonds is 4. The van der Waals surface area contributed by atoms with Crippen LogP contribution in [0.4, 0.5) is 5.13 Å². The molecule has 0 aliphatic heterocycles. The molecule has 6 nitrogen and oxygen atoms in total. The maximum absolute atomic E-state index is 12.7. The van der Waals surface area contributed by atoms with Crippen LogP contribution in [-0.2, 0) is 29.4 Å². The third kappa shape index (κ3) is 2.65. The minimum absolute atomic E-state index is 0.266. The average molecular weight is 340 g/mol. The molecule has 1 N–H and O–H groups in total. The van der Waals surface area contributed by atoms with Gasteiger partial charge in [-0.15, -0.1) is 11.3 Å². The van der Waals surface area contributed by atoms with Crippen molar-refractivity contribution in [2.75, 3.05) is 4.72 Å². The standard InChI is InChI=1S/C14H20N4O2S2/c1-4-18-10(3)13(9(2)16-18)22(19,20)17-14-15-11-7-5-6-8-12(11)21-14/h4-8H2,1-3H3,(H,15,17). The summed E-state index contributed by atoms with van der Waals surface area (Å²) in [4.78, 5) is 5.92. The molecule has 0 amide bonds.